The number of aryl methyl sites for hydroxylation is 3. The molecule has 0 bridgehead atoms. The van der Waals surface area contributed by atoms with Crippen molar-refractivity contribution in [3.63, 3.8) is 0 Å². The number of nitrogens with zero attached hydrogens (tertiary/aromatic N) is 2. The van der Waals surface area contributed by atoms with E-state index in [2.05, 4.69) is 45.8 Å². The molecule has 0 aliphatic rings. The number of rotatable bonds is 5. The quantitative estimate of drug-likeness (QED) is 0.882. The number of thiophene rings is 1. The maximum Gasteiger partial charge on any atom is 0.0641 e. The molecule has 0 fully saturated rings. The van der Waals surface area contributed by atoms with Crippen LogP contribution in [-0.2, 0) is 19.5 Å². The highest BCUT2D eigenvalue weighted by Gasteiger charge is 2.10. The Balaban J connectivity index is 2.08. The molecular weight excluding hydrogens is 230 g/mol. The fourth-order valence-corrected chi connectivity index (χ4v) is 2.76. The van der Waals surface area contributed by atoms with Crippen LogP contribution in [0.2, 0.25) is 0 Å². The smallest absolute Gasteiger partial charge is 0.0641 e. The summed E-state index contributed by atoms with van der Waals surface area (Å²) in [7, 11) is 1.97. The molecule has 0 radical (unpaired) electrons. The van der Waals surface area contributed by atoms with Crippen molar-refractivity contribution in [2.75, 3.05) is 7.05 Å². The number of hydrogen-bond donors (Lipinski definition) is 1. The third-order valence-corrected chi connectivity index (χ3v) is 3.81. The van der Waals surface area contributed by atoms with Crippen molar-refractivity contribution >= 4 is 11.3 Å². The van der Waals surface area contributed by atoms with Gasteiger partial charge in [-0.05, 0) is 49.7 Å². The lowest BCUT2D eigenvalue weighted by molar-refractivity contribution is 0.593. The van der Waals surface area contributed by atoms with E-state index in [1.54, 1.807) is 11.3 Å². The molecule has 2 rings (SSSR count). The summed E-state index contributed by atoms with van der Waals surface area (Å²) in [4.78, 5) is 0. The molecule has 0 amide bonds. The lowest BCUT2D eigenvalue weighted by Crippen LogP contribution is -2.08. The summed E-state index contributed by atoms with van der Waals surface area (Å²) in [5.41, 5.74) is 5.16. The van der Waals surface area contributed by atoms with E-state index in [0.717, 1.165) is 25.2 Å². The topological polar surface area (TPSA) is 29.9 Å². The Morgan fingerprint density at radius 1 is 1.41 bits per heavy atom. The minimum absolute atomic E-state index is 0.899. The Labute approximate surface area is 106 Å². The van der Waals surface area contributed by atoms with E-state index in [1.165, 1.54) is 16.8 Å². The molecule has 0 saturated heterocycles. The van der Waals surface area contributed by atoms with Gasteiger partial charge in [-0.15, -0.1) is 0 Å². The predicted octanol–water partition coefficient (Wildman–Crippen LogP) is 2.52. The van der Waals surface area contributed by atoms with Gasteiger partial charge in [0.1, 0.15) is 0 Å². The van der Waals surface area contributed by atoms with Gasteiger partial charge in [0, 0.05) is 24.3 Å². The fraction of sp³-hybridized carbons (Fsp3) is 0.462. The molecule has 2 aromatic heterocycles. The minimum atomic E-state index is 0.899. The van der Waals surface area contributed by atoms with Gasteiger partial charge in [0.2, 0.25) is 0 Å². The Kier molecular flexibility index (Phi) is 3.97. The van der Waals surface area contributed by atoms with Gasteiger partial charge >= 0.3 is 0 Å². The number of hydrogen-bond acceptors (Lipinski definition) is 3. The van der Waals surface area contributed by atoms with Gasteiger partial charge in [-0.1, -0.05) is 0 Å². The number of aromatic nitrogens is 2. The van der Waals surface area contributed by atoms with Gasteiger partial charge in [-0.3, -0.25) is 4.68 Å². The summed E-state index contributed by atoms with van der Waals surface area (Å²) in [6, 6.07) is 2.19. The molecule has 0 unspecified atom stereocenters. The van der Waals surface area contributed by atoms with Gasteiger partial charge in [0.25, 0.3) is 0 Å². The summed E-state index contributed by atoms with van der Waals surface area (Å²) < 4.78 is 2.12. The van der Waals surface area contributed by atoms with E-state index in [4.69, 9.17) is 0 Å². The third kappa shape index (κ3) is 2.76. The maximum atomic E-state index is 4.61. The van der Waals surface area contributed by atoms with Crippen LogP contribution in [-0.4, -0.2) is 16.8 Å². The van der Waals surface area contributed by atoms with E-state index in [1.807, 2.05) is 7.05 Å². The Morgan fingerprint density at radius 3 is 2.88 bits per heavy atom. The van der Waals surface area contributed by atoms with Gasteiger partial charge in [-0.25, -0.2) is 0 Å². The first kappa shape index (κ1) is 12.3. The summed E-state index contributed by atoms with van der Waals surface area (Å²) in [5, 5.41) is 12.1. The molecule has 0 atom stereocenters. The van der Waals surface area contributed by atoms with Crippen molar-refractivity contribution in [1.29, 1.82) is 0 Å². The summed E-state index contributed by atoms with van der Waals surface area (Å²) in [6.45, 7) is 6.10. The maximum absolute atomic E-state index is 4.61. The molecule has 3 nitrogen and oxygen atoms in total. The predicted molar refractivity (Wildman–Crippen MR) is 72.5 cm³/mol. The molecule has 0 aromatic carbocycles. The van der Waals surface area contributed by atoms with Gasteiger partial charge in [-0.2, -0.15) is 16.4 Å². The summed E-state index contributed by atoms with van der Waals surface area (Å²) in [5.74, 6) is 0. The van der Waals surface area contributed by atoms with Crippen LogP contribution in [0.1, 0.15) is 22.5 Å². The lowest BCUT2D eigenvalue weighted by atomic mass is 10.2. The average Bonchev–Trinajstić information content (AvgIpc) is 2.90. The average molecular weight is 249 g/mol. The highest BCUT2D eigenvalue weighted by atomic mass is 32.1. The van der Waals surface area contributed by atoms with Crippen LogP contribution in [0.5, 0.6) is 0 Å². The Morgan fingerprint density at radius 2 is 2.24 bits per heavy atom. The van der Waals surface area contributed by atoms with Crippen molar-refractivity contribution in [3.8, 4) is 0 Å². The summed E-state index contributed by atoms with van der Waals surface area (Å²) in [6.07, 6.45) is 1.06. The molecule has 0 saturated carbocycles. The van der Waals surface area contributed by atoms with Crippen LogP contribution >= 0.6 is 11.3 Å². The molecule has 92 valence electrons. The lowest BCUT2D eigenvalue weighted by Gasteiger charge is -2.04. The zero-order chi connectivity index (χ0) is 12.3. The molecular formula is C13H19N3S. The highest BCUT2D eigenvalue weighted by molar-refractivity contribution is 7.07. The van der Waals surface area contributed by atoms with Crippen molar-refractivity contribution < 1.29 is 0 Å². The van der Waals surface area contributed by atoms with E-state index >= 15 is 0 Å². The normalized spacial score (nSPS) is 11.0. The minimum Gasteiger partial charge on any atom is -0.316 e. The molecule has 1 N–H and O–H groups in total. The first-order chi connectivity index (χ1) is 8.22. The van der Waals surface area contributed by atoms with E-state index in [-0.39, 0.29) is 0 Å². The second-order valence-electron chi connectivity index (χ2n) is 4.28. The molecule has 17 heavy (non-hydrogen) atoms. The Hall–Kier alpha value is -1.13. The standard InChI is InChI=1S/C13H19N3S/c1-10-13(8-14-3)11(2)16(15-10)6-4-12-5-7-17-9-12/h5,7,9,14H,4,6,8H2,1-3H3. The number of nitrogens with one attached hydrogen (secondary N) is 1. The molecule has 2 heterocycles. The van der Waals surface area contributed by atoms with Crippen molar-refractivity contribution in [1.82, 2.24) is 15.1 Å². The summed E-state index contributed by atoms with van der Waals surface area (Å²) >= 11 is 1.76. The monoisotopic (exact) mass is 249 g/mol. The van der Waals surface area contributed by atoms with Gasteiger partial charge < -0.3 is 5.32 Å². The first-order valence-corrected chi connectivity index (χ1v) is 6.85. The van der Waals surface area contributed by atoms with Gasteiger partial charge in [0.15, 0.2) is 0 Å². The van der Waals surface area contributed by atoms with Crippen LogP contribution in [0, 0.1) is 13.8 Å². The van der Waals surface area contributed by atoms with Crippen molar-refractivity contribution in [2.45, 2.75) is 33.4 Å². The molecule has 4 heteroatoms. The van der Waals surface area contributed by atoms with Crippen LogP contribution in [0.3, 0.4) is 0 Å². The first-order valence-electron chi connectivity index (χ1n) is 5.91. The van der Waals surface area contributed by atoms with Crippen molar-refractivity contribution in [3.05, 3.63) is 39.3 Å². The zero-order valence-electron chi connectivity index (χ0n) is 10.7. The molecule has 0 spiro atoms. The Bertz CT molecular complexity index is 471. The third-order valence-electron chi connectivity index (χ3n) is 3.08. The van der Waals surface area contributed by atoms with Crippen LogP contribution in [0.25, 0.3) is 0 Å². The highest BCUT2D eigenvalue weighted by Crippen LogP contribution is 2.14. The second kappa shape index (κ2) is 5.47. The fourth-order valence-electron chi connectivity index (χ4n) is 2.05. The van der Waals surface area contributed by atoms with E-state index in [9.17, 15) is 0 Å². The molecule has 0 aliphatic carbocycles. The molecule has 2 aromatic rings. The SMILES string of the molecule is CNCc1c(C)nn(CCc2ccsc2)c1C. The zero-order valence-corrected chi connectivity index (χ0v) is 11.5. The van der Waals surface area contributed by atoms with E-state index in [0.29, 0.717) is 0 Å². The van der Waals surface area contributed by atoms with Crippen molar-refractivity contribution in [2.24, 2.45) is 0 Å². The van der Waals surface area contributed by atoms with Crippen LogP contribution in [0.15, 0.2) is 16.8 Å². The van der Waals surface area contributed by atoms with Crippen LogP contribution in [0.4, 0.5) is 0 Å². The van der Waals surface area contributed by atoms with Crippen LogP contribution < -0.4 is 5.32 Å². The van der Waals surface area contributed by atoms with Gasteiger partial charge in [0.05, 0.1) is 5.69 Å². The largest absolute Gasteiger partial charge is 0.316 e. The molecule has 0 aliphatic heterocycles. The second-order valence-corrected chi connectivity index (χ2v) is 5.06. The van der Waals surface area contributed by atoms with E-state index < -0.39 is 0 Å².